The zero-order chi connectivity index (χ0) is 26.8. The van der Waals surface area contributed by atoms with E-state index in [9.17, 15) is 5.11 Å². The Morgan fingerprint density at radius 1 is 0.769 bits per heavy atom. The van der Waals surface area contributed by atoms with Crippen LogP contribution in [-0.4, -0.2) is 32.9 Å². The lowest BCUT2D eigenvalue weighted by Gasteiger charge is -2.31. The van der Waals surface area contributed by atoms with Gasteiger partial charge in [0.1, 0.15) is 23.4 Å². The molecule has 7 nitrogen and oxygen atoms in total. The Labute approximate surface area is 227 Å². The van der Waals surface area contributed by atoms with E-state index in [0.717, 1.165) is 39.1 Å². The lowest BCUT2D eigenvalue weighted by molar-refractivity contribution is -0.0430. The average Bonchev–Trinajstić information content (AvgIpc) is 3.46. The summed E-state index contributed by atoms with van der Waals surface area (Å²) in [6.07, 6.45) is 1.50. The van der Waals surface area contributed by atoms with Crippen molar-refractivity contribution in [1.82, 2.24) is 0 Å². The highest BCUT2D eigenvalue weighted by molar-refractivity contribution is 5.68. The Bertz CT molecular complexity index is 1480. The summed E-state index contributed by atoms with van der Waals surface area (Å²) in [6.45, 7) is 0.238. The smallest absolute Gasteiger partial charge is 0.231 e. The predicted molar refractivity (Wildman–Crippen MR) is 145 cm³/mol. The van der Waals surface area contributed by atoms with Crippen molar-refractivity contribution in [2.75, 3.05) is 27.8 Å². The van der Waals surface area contributed by atoms with Crippen LogP contribution in [0.25, 0.3) is 0 Å². The van der Waals surface area contributed by atoms with Gasteiger partial charge in [-0.2, -0.15) is 0 Å². The molecule has 0 amide bonds. The number of fused-ring (bicyclic) bond motifs is 2. The molecule has 2 aliphatic heterocycles. The van der Waals surface area contributed by atoms with E-state index in [1.807, 2.05) is 48.5 Å². The monoisotopic (exact) mass is 526 g/mol. The summed E-state index contributed by atoms with van der Waals surface area (Å²) in [4.78, 5) is 0. The Morgan fingerprint density at radius 3 is 2.38 bits per heavy atom. The second-order valence-electron chi connectivity index (χ2n) is 9.52. The van der Waals surface area contributed by atoms with Gasteiger partial charge in [-0.25, -0.2) is 0 Å². The molecule has 1 N–H and O–H groups in total. The van der Waals surface area contributed by atoms with Crippen LogP contribution in [0.4, 0.5) is 0 Å². The van der Waals surface area contributed by atoms with E-state index in [1.54, 1.807) is 26.4 Å². The van der Waals surface area contributed by atoms with E-state index in [0.29, 0.717) is 42.3 Å². The van der Waals surface area contributed by atoms with Crippen LogP contribution in [-0.2, 0) is 24.0 Å². The maximum Gasteiger partial charge on any atom is 0.231 e. The second kappa shape index (κ2) is 10.8. The highest BCUT2D eigenvalue weighted by Crippen LogP contribution is 2.53. The minimum absolute atomic E-state index is 0.116. The normalized spacial score (nSPS) is 15.4. The Balaban J connectivity index is 1.54. The number of phenolic OH excluding ortho intramolecular Hbond substituents is 1. The first-order valence-corrected chi connectivity index (χ1v) is 12.9. The molecular weight excluding hydrogens is 496 g/mol. The summed E-state index contributed by atoms with van der Waals surface area (Å²) in [5.41, 5.74) is 6.02. The summed E-state index contributed by atoms with van der Waals surface area (Å²) in [6, 6.07) is 23.5. The molecule has 0 spiro atoms. The summed E-state index contributed by atoms with van der Waals surface area (Å²) in [5, 5.41) is 10.3. The van der Waals surface area contributed by atoms with Gasteiger partial charge in [-0.15, -0.1) is 0 Å². The van der Waals surface area contributed by atoms with Gasteiger partial charge in [0.15, 0.2) is 18.3 Å². The molecule has 0 aromatic heterocycles. The standard InChI is InChI=1S/C32H30O7/c1-34-23-15-21(14-22(33)17-23)12-13-24-26(16-20-8-4-3-5-9-20)30-32(39-19-38-30)31(35-2)28(24)29-25-10-6-7-11-27(25)36-18-37-29/h3-11,14-15,17,29,33H,12-13,16,18-19H2,1-2H3. The minimum Gasteiger partial charge on any atom is -0.508 e. The van der Waals surface area contributed by atoms with Gasteiger partial charge in [0.25, 0.3) is 0 Å². The number of hydrogen-bond donors (Lipinski definition) is 1. The zero-order valence-electron chi connectivity index (χ0n) is 21.9. The van der Waals surface area contributed by atoms with Crippen molar-refractivity contribution in [2.24, 2.45) is 0 Å². The van der Waals surface area contributed by atoms with Gasteiger partial charge < -0.3 is 33.5 Å². The van der Waals surface area contributed by atoms with E-state index in [1.165, 1.54) is 0 Å². The molecule has 7 heteroatoms. The lowest BCUT2D eigenvalue weighted by Crippen LogP contribution is -2.21. The van der Waals surface area contributed by atoms with Gasteiger partial charge in [-0.1, -0.05) is 48.5 Å². The predicted octanol–water partition coefficient (Wildman–Crippen LogP) is 5.97. The van der Waals surface area contributed by atoms with Crippen molar-refractivity contribution in [3.05, 3.63) is 106 Å². The molecule has 4 aromatic carbocycles. The summed E-state index contributed by atoms with van der Waals surface area (Å²) in [7, 11) is 3.24. The molecule has 39 heavy (non-hydrogen) atoms. The molecular formula is C32H30O7. The van der Waals surface area contributed by atoms with Gasteiger partial charge in [0.05, 0.1) is 14.2 Å². The number of methoxy groups -OCH3 is 2. The average molecular weight is 527 g/mol. The number of aromatic hydroxyl groups is 1. The first-order chi connectivity index (χ1) is 19.2. The second-order valence-corrected chi connectivity index (χ2v) is 9.52. The molecule has 1 unspecified atom stereocenters. The molecule has 6 rings (SSSR count). The van der Waals surface area contributed by atoms with E-state index in [2.05, 4.69) is 12.1 Å². The first kappa shape index (κ1) is 24.9. The zero-order valence-corrected chi connectivity index (χ0v) is 21.9. The molecule has 0 saturated carbocycles. The van der Waals surface area contributed by atoms with Crippen LogP contribution < -0.4 is 23.7 Å². The Kier molecular flexibility index (Phi) is 6.90. The van der Waals surface area contributed by atoms with E-state index in [4.69, 9.17) is 28.4 Å². The fourth-order valence-corrected chi connectivity index (χ4v) is 5.48. The van der Waals surface area contributed by atoms with Crippen molar-refractivity contribution >= 4 is 0 Å². The van der Waals surface area contributed by atoms with Gasteiger partial charge in [0.2, 0.25) is 12.5 Å². The third kappa shape index (κ3) is 4.81. The van der Waals surface area contributed by atoms with Crippen LogP contribution in [0.15, 0.2) is 72.8 Å². The summed E-state index contributed by atoms with van der Waals surface area (Å²) in [5.74, 6) is 3.45. The van der Waals surface area contributed by atoms with Crippen LogP contribution in [0, 0.1) is 0 Å². The fraction of sp³-hybridized carbons (Fsp3) is 0.250. The molecule has 0 aliphatic carbocycles. The van der Waals surface area contributed by atoms with Crippen molar-refractivity contribution in [2.45, 2.75) is 25.4 Å². The lowest BCUT2D eigenvalue weighted by atomic mass is 9.85. The molecule has 4 aromatic rings. The van der Waals surface area contributed by atoms with Crippen LogP contribution >= 0.6 is 0 Å². The van der Waals surface area contributed by atoms with Crippen LogP contribution in [0.2, 0.25) is 0 Å². The maximum absolute atomic E-state index is 10.3. The van der Waals surface area contributed by atoms with Crippen LogP contribution in [0.3, 0.4) is 0 Å². The van der Waals surface area contributed by atoms with Crippen molar-refractivity contribution in [3.63, 3.8) is 0 Å². The first-order valence-electron chi connectivity index (χ1n) is 12.9. The van der Waals surface area contributed by atoms with Crippen molar-refractivity contribution in [3.8, 4) is 34.5 Å². The van der Waals surface area contributed by atoms with Gasteiger partial charge in [-0.05, 0) is 47.7 Å². The Morgan fingerprint density at radius 2 is 1.56 bits per heavy atom. The minimum atomic E-state index is -0.428. The van der Waals surface area contributed by atoms with Gasteiger partial charge >= 0.3 is 0 Å². The number of benzene rings is 4. The number of hydrogen-bond acceptors (Lipinski definition) is 7. The largest absolute Gasteiger partial charge is 0.508 e. The topological polar surface area (TPSA) is 75.6 Å². The maximum atomic E-state index is 10.3. The summed E-state index contributed by atoms with van der Waals surface area (Å²) < 4.78 is 35.6. The molecule has 200 valence electrons. The van der Waals surface area contributed by atoms with E-state index < -0.39 is 6.10 Å². The van der Waals surface area contributed by atoms with E-state index in [-0.39, 0.29) is 19.3 Å². The SMILES string of the molecule is COc1cc(O)cc(CCc2c(Cc3ccccc3)c3c(c(OC)c2C2OCOc4ccccc42)OCO3)c1. The van der Waals surface area contributed by atoms with E-state index >= 15 is 0 Å². The van der Waals surface area contributed by atoms with Gasteiger partial charge in [0, 0.05) is 29.2 Å². The molecule has 0 bridgehead atoms. The third-order valence-electron chi connectivity index (χ3n) is 7.22. The van der Waals surface area contributed by atoms with Gasteiger partial charge in [-0.3, -0.25) is 0 Å². The van der Waals surface area contributed by atoms with Crippen LogP contribution in [0.5, 0.6) is 34.5 Å². The number of para-hydroxylation sites is 1. The summed E-state index contributed by atoms with van der Waals surface area (Å²) >= 11 is 0. The fourth-order valence-electron chi connectivity index (χ4n) is 5.48. The third-order valence-corrected chi connectivity index (χ3v) is 7.22. The highest BCUT2D eigenvalue weighted by atomic mass is 16.7. The Hall–Kier alpha value is -4.36. The molecule has 0 saturated heterocycles. The number of ether oxygens (including phenoxy) is 6. The molecule has 2 aliphatic rings. The highest BCUT2D eigenvalue weighted by Gasteiger charge is 2.36. The number of aryl methyl sites for hydroxylation is 1. The van der Waals surface area contributed by atoms with Crippen molar-refractivity contribution < 1.29 is 33.5 Å². The molecule has 2 heterocycles. The molecule has 0 fully saturated rings. The number of rotatable bonds is 8. The molecule has 0 radical (unpaired) electrons. The van der Waals surface area contributed by atoms with Crippen molar-refractivity contribution in [1.29, 1.82) is 0 Å². The number of phenols is 1. The molecule has 1 atom stereocenters. The van der Waals surface area contributed by atoms with Crippen LogP contribution in [0.1, 0.15) is 39.5 Å². The quantitative estimate of drug-likeness (QED) is 0.303.